The SMILES string of the molecule is CC1CCC(C(C)C2C(O)CC3C4CC=C5CC(O)CCC5(C)C4CC(O)C32C)NC1. The van der Waals surface area contributed by atoms with Gasteiger partial charge in [0, 0.05) is 11.5 Å². The average Bonchev–Trinajstić information content (AvgIpc) is 3.01. The molecule has 1 aliphatic heterocycles. The van der Waals surface area contributed by atoms with Crippen LogP contribution in [0.15, 0.2) is 11.6 Å². The fourth-order valence-electron chi connectivity index (χ4n) is 9.31. The van der Waals surface area contributed by atoms with Crippen LogP contribution in [-0.2, 0) is 0 Å². The second-order valence-electron chi connectivity index (χ2n) is 12.7. The molecule has 4 N–H and O–H groups in total. The smallest absolute Gasteiger partial charge is 0.0603 e. The molecule has 176 valence electrons. The number of allylic oxidation sites excluding steroid dienone is 1. The topological polar surface area (TPSA) is 72.7 Å². The van der Waals surface area contributed by atoms with Gasteiger partial charge in [-0.2, -0.15) is 0 Å². The molecule has 1 heterocycles. The Hall–Kier alpha value is -0.420. The quantitative estimate of drug-likeness (QED) is 0.501. The van der Waals surface area contributed by atoms with Crippen LogP contribution in [-0.4, -0.2) is 46.2 Å². The first-order chi connectivity index (χ1) is 14.7. The lowest BCUT2D eigenvalue weighted by Gasteiger charge is -2.60. The molecule has 12 atom stereocenters. The summed E-state index contributed by atoms with van der Waals surface area (Å²) in [5.41, 5.74) is 1.34. The van der Waals surface area contributed by atoms with E-state index in [9.17, 15) is 15.3 Å². The molecular formula is C27H45NO3. The molecule has 3 saturated carbocycles. The normalized spacial score (nSPS) is 55.6. The van der Waals surface area contributed by atoms with Crippen LogP contribution in [0.3, 0.4) is 0 Å². The maximum Gasteiger partial charge on any atom is 0.0603 e. The Labute approximate surface area is 188 Å². The maximum absolute atomic E-state index is 11.7. The van der Waals surface area contributed by atoms with Crippen LogP contribution in [0.5, 0.6) is 0 Å². The maximum atomic E-state index is 11.7. The number of piperidine rings is 1. The molecule has 31 heavy (non-hydrogen) atoms. The lowest BCUT2D eigenvalue weighted by Crippen LogP contribution is -2.58. The lowest BCUT2D eigenvalue weighted by atomic mass is 9.46. The van der Waals surface area contributed by atoms with E-state index in [-0.39, 0.29) is 35.1 Å². The summed E-state index contributed by atoms with van der Waals surface area (Å²) in [6.45, 7) is 10.4. The fourth-order valence-corrected chi connectivity index (χ4v) is 9.31. The van der Waals surface area contributed by atoms with Gasteiger partial charge in [-0.15, -0.1) is 0 Å². The van der Waals surface area contributed by atoms with Crippen molar-refractivity contribution in [1.29, 1.82) is 0 Å². The van der Waals surface area contributed by atoms with E-state index >= 15 is 0 Å². The third kappa shape index (κ3) is 3.30. The van der Waals surface area contributed by atoms with Crippen molar-refractivity contribution in [3.63, 3.8) is 0 Å². The van der Waals surface area contributed by atoms with Gasteiger partial charge in [-0.3, -0.25) is 0 Å². The zero-order valence-corrected chi connectivity index (χ0v) is 20.1. The highest BCUT2D eigenvalue weighted by Gasteiger charge is 2.65. The summed E-state index contributed by atoms with van der Waals surface area (Å²) in [5, 5.41) is 37.1. The predicted octanol–water partition coefficient (Wildman–Crippen LogP) is 3.89. The molecule has 0 aromatic heterocycles. The Bertz CT molecular complexity index is 715. The van der Waals surface area contributed by atoms with Gasteiger partial charge in [0.25, 0.3) is 0 Å². The van der Waals surface area contributed by atoms with Gasteiger partial charge in [0.15, 0.2) is 0 Å². The van der Waals surface area contributed by atoms with Gasteiger partial charge in [-0.05, 0) is 98.8 Å². The second-order valence-corrected chi connectivity index (χ2v) is 12.7. The van der Waals surface area contributed by atoms with Crippen LogP contribution in [0.1, 0.15) is 79.1 Å². The summed E-state index contributed by atoms with van der Waals surface area (Å²) in [5.74, 6) is 2.67. The van der Waals surface area contributed by atoms with E-state index in [0.29, 0.717) is 29.7 Å². The van der Waals surface area contributed by atoms with Crippen LogP contribution in [0, 0.1) is 46.3 Å². The van der Waals surface area contributed by atoms with Gasteiger partial charge in [0.1, 0.15) is 0 Å². The summed E-state index contributed by atoms with van der Waals surface area (Å²) >= 11 is 0. The summed E-state index contributed by atoms with van der Waals surface area (Å²) < 4.78 is 0. The monoisotopic (exact) mass is 431 g/mol. The highest BCUT2D eigenvalue weighted by atomic mass is 16.3. The van der Waals surface area contributed by atoms with E-state index in [0.717, 1.165) is 51.0 Å². The van der Waals surface area contributed by atoms with Gasteiger partial charge in [0.2, 0.25) is 0 Å². The first-order valence-electron chi connectivity index (χ1n) is 13.1. The van der Waals surface area contributed by atoms with Gasteiger partial charge < -0.3 is 20.6 Å². The number of aliphatic hydroxyl groups excluding tert-OH is 3. The van der Waals surface area contributed by atoms with Crippen molar-refractivity contribution >= 4 is 0 Å². The highest BCUT2D eigenvalue weighted by molar-refractivity contribution is 5.26. The number of nitrogens with one attached hydrogen (secondary N) is 1. The average molecular weight is 432 g/mol. The van der Waals surface area contributed by atoms with Crippen molar-refractivity contribution < 1.29 is 15.3 Å². The Kier molecular flexibility index (Phi) is 5.65. The van der Waals surface area contributed by atoms with Gasteiger partial charge in [-0.1, -0.05) is 39.3 Å². The molecule has 0 amide bonds. The minimum atomic E-state index is -0.353. The first kappa shape index (κ1) is 22.4. The van der Waals surface area contributed by atoms with E-state index in [2.05, 4.69) is 39.1 Å². The van der Waals surface area contributed by atoms with Crippen molar-refractivity contribution in [2.24, 2.45) is 46.3 Å². The number of rotatable bonds is 2. The predicted molar refractivity (Wildman–Crippen MR) is 123 cm³/mol. The Morgan fingerprint density at radius 3 is 2.55 bits per heavy atom. The summed E-state index contributed by atoms with van der Waals surface area (Å²) in [6.07, 6.45) is 9.49. The molecular weight excluding hydrogens is 386 g/mol. The minimum Gasteiger partial charge on any atom is -0.393 e. The summed E-state index contributed by atoms with van der Waals surface area (Å²) in [7, 11) is 0. The largest absolute Gasteiger partial charge is 0.393 e. The molecule has 0 spiro atoms. The van der Waals surface area contributed by atoms with Gasteiger partial charge in [-0.25, -0.2) is 0 Å². The Morgan fingerprint density at radius 2 is 1.84 bits per heavy atom. The van der Waals surface area contributed by atoms with Crippen molar-refractivity contribution in [3.05, 3.63) is 11.6 Å². The molecule has 12 unspecified atom stereocenters. The van der Waals surface area contributed by atoms with Crippen LogP contribution in [0.4, 0.5) is 0 Å². The molecule has 1 saturated heterocycles. The molecule has 4 heteroatoms. The number of fused-ring (bicyclic) bond motifs is 5. The summed E-state index contributed by atoms with van der Waals surface area (Å²) in [6, 6.07) is 0.451. The third-order valence-electron chi connectivity index (χ3n) is 11.2. The van der Waals surface area contributed by atoms with Crippen LogP contribution in [0.2, 0.25) is 0 Å². The van der Waals surface area contributed by atoms with E-state index in [1.54, 1.807) is 0 Å². The van der Waals surface area contributed by atoms with Crippen LogP contribution in [0.25, 0.3) is 0 Å². The number of hydrogen-bond donors (Lipinski definition) is 4. The van der Waals surface area contributed by atoms with E-state index < -0.39 is 0 Å². The van der Waals surface area contributed by atoms with E-state index in [4.69, 9.17) is 0 Å². The van der Waals surface area contributed by atoms with Gasteiger partial charge >= 0.3 is 0 Å². The molecule has 5 aliphatic rings. The zero-order chi connectivity index (χ0) is 22.1. The van der Waals surface area contributed by atoms with E-state index in [1.807, 2.05) is 0 Å². The van der Waals surface area contributed by atoms with Crippen molar-refractivity contribution in [2.45, 2.75) is 103 Å². The van der Waals surface area contributed by atoms with Gasteiger partial charge in [0.05, 0.1) is 18.3 Å². The van der Waals surface area contributed by atoms with Crippen LogP contribution >= 0.6 is 0 Å². The third-order valence-corrected chi connectivity index (χ3v) is 11.2. The number of hydrogen-bond acceptors (Lipinski definition) is 4. The Balaban J connectivity index is 1.43. The lowest BCUT2D eigenvalue weighted by molar-refractivity contribution is -0.142. The Morgan fingerprint density at radius 1 is 1.06 bits per heavy atom. The van der Waals surface area contributed by atoms with E-state index in [1.165, 1.54) is 18.4 Å². The number of aliphatic hydroxyl groups is 3. The molecule has 4 fully saturated rings. The van der Waals surface area contributed by atoms with Crippen LogP contribution < -0.4 is 5.32 Å². The molecule has 0 bridgehead atoms. The molecule has 0 aromatic rings. The molecule has 0 aromatic carbocycles. The van der Waals surface area contributed by atoms with Crippen molar-refractivity contribution in [2.75, 3.05) is 6.54 Å². The molecule has 0 radical (unpaired) electrons. The first-order valence-corrected chi connectivity index (χ1v) is 13.1. The zero-order valence-electron chi connectivity index (χ0n) is 20.1. The minimum absolute atomic E-state index is 0.111. The molecule has 4 aliphatic carbocycles. The van der Waals surface area contributed by atoms with Crippen molar-refractivity contribution in [1.82, 2.24) is 5.32 Å². The fraction of sp³-hybridized carbons (Fsp3) is 0.926. The second kappa shape index (κ2) is 7.82. The summed E-state index contributed by atoms with van der Waals surface area (Å²) in [4.78, 5) is 0. The highest BCUT2D eigenvalue weighted by Crippen LogP contribution is 2.67. The van der Waals surface area contributed by atoms with Crippen molar-refractivity contribution in [3.8, 4) is 0 Å². The molecule has 4 nitrogen and oxygen atoms in total. The standard InChI is InChI=1S/C27H45NO3/c1-15-5-8-22(28-14-15)16(2)25-23(30)12-21-19-7-6-17-11-18(29)9-10-26(17,3)20(19)13-24(31)27(21,25)4/h6,15-16,18-25,28-31H,5,7-14H2,1-4H3. The molecule has 5 rings (SSSR count).